The number of anilines is 1. The van der Waals surface area contributed by atoms with Crippen molar-refractivity contribution < 1.29 is 38.0 Å². The van der Waals surface area contributed by atoms with Crippen LogP contribution in [0.3, 0.4) is 0 Å². The van der Waals surface area contributed by atoms with E-state index in [1.807, 2.05) is 0 Å². The summed E-state index contributed by atoms with van der Waals surface area (Å²) >= 11 is 0. The molecular weight excluding hydrogens is 382 g/mol. The maximum Gasteiger partial charge on any atom is 0.256 e. The molecule has 3 saturated heterocycles. The second kappa shape index (κ2) is 7.10. The van der Waals surface area contributed by atoms with Crippen LogP contribution in [0.15, 0.2) is 18.2 Å². The molecule has 0 radical (unpaired) electrons. The van der Waals surface area contributed by atoms with Crippen molar-refractivity contribution in [1.82, 2.24) is 0 Å². The third-order valence-electron chi connectivity index (χ3n) is 5.08. The third-order valence-corrected chi connectivity index (χ3v) is 5.08. The summed E-state index contributed by atoms with van der Waals surface area (Å²) in [4.78, 5) is 13.2. The number of benzene rings is 1. The lowest BCUT2D eigenvalue weighted by Crippen LogP contribution is -2.58. The molecule has 3 heterocycles. The number of methoxy groups -OCH3 is 2. The van der Waals surface area contributed by atoms with Crippen molar-refractivity contribution in [3.63, 3.8) is 0 Å². The quantitative estimate of drug-likeness (QED) is 0.808. The van der Waals surface area contributed by atoms with E-state index < -0.39 is 48.2 Å². The number of hydrogen-bond acceptors (Lipinski definition) is 8. The fraction of sp³-hybridized carbons (Fsp3) is 0.650. The molecule has 4 rings (SSSR count). The largest absolute Gasteiger partial charge is 0.497 e. The average molecular weight is 409 g/mol. The summed E-state index contributed by atoms with van der Waals surface area (Å²) in [5.41, 5.74) is 0.459. The van der Waals surface area contributed by atoms with Gasteiger partial charge in [0.15, 0.2) is 24.0 Å². The van der Waals surface area contributed by atoms with Crippen LogP contribution in [0, 0.1) is 0 Å². The van der Waals surface area contributed by atoms with Crippen molar-refractivity contribution in [1.29, 1.82) is 0 Å². The second-order valence-electron chi connectivity index (χ2n) is 8.15. The van der Waals surface area contributed by atoms with Crippen LogP contribution in [0.5, 0.6) is 11.5 Å². The van der Waals surface area contributed by atoms with E-state index in [2.05, 4.69) is 5.32 Å². The van der Waals surface area contributed by atoms with Gasteiger partial charge in [-0.2, -0.15) is 0 Å². The van der Waals surface area contributed by atoms with Crippen LogP contribution in [-0.4, -0.2) is 62.4 Å². The van der Waals surface area contributed by atoms with Gasteiger partial charge in [0, 0.05) is 6.07 Å². The molecule has 5 atom stereocenters. The van der Waals surface area contributed by atoms with Crippen LogP contribution >= 0.6 is 0 Å². The molecule has 1 N–H and O–H groups in total. The molecule has 9 heteroatoms. The van der Waals surface area contributed by atoms with Gasteiger partial charge in [-0.05, 0) is 39.8 Å². The van der Waals surface area contributed by atoms with Crippen molar-refractivity contribution in [3.05, 3.63) is 18.2 Å². The number of hydrogen-bond donors (Lipinski definition) is 1. The van der Waals surface area contributed by atoms with Crippen LogP contribution in [0.1, 0.15) is 27.7 Å². The maximum atomic E-state index is 13.2. The normalized spacial score (nSPS) is 34.2. The van der Waals surface area contributed by atoms with Crippen molar-refractivity contribution in [2.75, 3.05) is 19.5 Å². The van der Waals surface area contributed by atoms with Crippen LogP contribution in [0.2, 0.25) is 0 Å². The van der Waals surface area contributed by atoms with Gasteiger partial charge in [0.1, 0.15) is 29.8 Å². The minimum absolute atomic E-state index is 0.403. The van der Waals surface area contributed by atoms with Crippen molar-refractivity contribution >= 4 is 11.6 Å². The molecule has 0 spiro atoms. The van der Waals surface area contributed by atoms with E-state index in [-0.39, 0.29) is 0 Å². The SMILES string of the molecule is COc1ccc(OC)c(NC(=O)[C@@H]2O[C@H]3OC(C)(C)O[C@@H]3[C@H]3OC(C)(C)O[C@H]32)c1. The first kappa shape index (κ1) is 20.4. The standard InChI is InChI=1S/C20H27NO8/c1-19(2)26-13-14(27-19)16-18(29-20(3,4)28-16)25-15(13)17(22)21-11-9-10(23-5)7-8-12(11)24-6/h7-9,13-16,18H,1-6H3,(H,21,22)/t13-,14+,15-,16-,18+/m1/s1. The molecule has 0 saturated carbocycles. The monoisotopic (exact) mass is 409 g/mol. The number of carbonyl (C=O) groups is 1. The predicted molar refractivity (Wildman–Crippen MR) is 101 cm³/mol. The summed E-state index contributed by atoms with van der Waals surface area (Å²) < 4.78 is 40.4. The number of amides is 1. The van der Waals surface area contributed by atoms with Crippen molar-refractivity contribution in [2.24, 2.45) is 0 Å². The van der Waals surface area contributed by atoms with Crippen LogP contribution in [0.4, 0.5) is 5.69 Å². The van der Waals surface area contributed by atoms with Gasteiger partial charge in [0.25, 0.3) is 5.91 Å². The van der Waals surface area contributed by atoms with Crippen LogP contribution in [-0.2, 0) is 28.5 Å². The second-order valence-corrected chi connectivity index (χ2v) is 8.15. The van der Waals surface area contributed by atoms with Gasteiger partial charge in [-0.25, -0.2) is 0 Å². The van der Waals surface area contributed by atoms with Gasteiger partial charge in [0.05, 0.1) is 19.9 Å². The summed E-state index contributed by atoms with van der Waals surface area (Å²) in [6.45, 7) is 7.17. The van der Waals surface area contributed by atoms with Crippen molar-refractivity contribution in [3.8, 4) is 11.5 Å². The lowest BCUT2D eigenvalue weighted by Gasteiger charge is -2.36. The Hall–Kier alpha value is -1.91. The molecule has 0 bridgehead atoms. The highest BCUT2D eigenvalue weighted by Crippen LogP contribution is 2.44. The van der Waals surface area contributed by atoms with Gasteiger partial charge < -0.3 is 38.5 Å². The van der Waals surface area contributed by atoms with Crippen molar-refractivity contribution in [2.45, 2.75) is 70.0 Å². The molecule has 9 nitrogen and oxygen atoms in total. The Bertz CT molecular complexity index is 795. The Morgan fingerprint density at radius 2 is 1.59 bits per heavy atom. The molecule has 3 aliphatic heterocycles. The summed E-state index contributed by atoms with van der Waals surface area (Å²) in [5.74, 6) is -1.05. The minimum atomic E-state index is -0.962. The molecule has 0 aromatic heterocycles. The van der Waals surface area contributed by atoms with E-state index >= 15 is 0 Å². The molecular formula is C20H27NO8. The molecule has 160 valence electrons. The molecule has 1 amide bonds. The average Bonchev–Trinajstić information content (AvgIpc) is 3.14. The van der Waals surface area contributed by atoms with Crippen LogP contribution < -0.4 is 14.8 Å². The molecule has 3 aliphatic rings. The highest BCUT2D eigenvalue weighted by molar-refractivity contribution is 5.96. The fourth-order valence-corrected chi connectivity index (χ4v) is 3.94. The first-order valence-corrected chi connectivity index (χ1v) is 9.52. The number of rotatable bonds is 4. The summed E-state index contributed by atoms with van der Waals surface area (Å²) in [6, 6.07) is 5.13. The smallest absolute Gasteiger partial charge is 0.256 e. The van der Waals surface area contributed by atoms with Gasteiger partial charge in [-0.15, -0.1) is 0 Å². The highest BCUT2D eigenvalue weighted by atomic mass is 16.9. The molecule has 3 fully saturated rings. The van der Waals surface area contributed by atoms with E-state index in [1.54, 1.807) is 53.0 Å². The van der Waals surface area contributed by atoms with E-state index in [9.17, 15) is 4.79 Å². The Morgan fingerprint density at radius 1 is 0.931 bits per heavy atom. The van der Waals surface area contributed by atoms with E-state index in [0.29, 0.717) is 17.2 Å². The Labute approximate surface area is 169 Å². The molecule has 0 aliphatic carbocycles. The Kier molecular flexibility index (Phi) is 4.99. The van der Waals surface area contributed by atoms with E-state index in [4.69, 9.17) is 33.2 Å². The number of carbonyl (C=O) groups excluding carboxylic acids is 1. The molecule has 0 unspecified atom stereocenters. The van der Waals surface area contributed by atoms with Gasteiger partial charge in [0.2, 0.25) is 0 Å². The Balaban J connectivity index is 1.60. The van der Waals surface area contributed by atoms with Crippen LogP contribution in [0.25, 0.3) is 0 Å². The summed E-state index contributed by atoms with van der Waals surface area (Å²) in [7, 11) is 3.07. The molecule has 1 aromatic carbocycles. The number of fused-ring (bicyclic) bond motifs is 3. The first-order valence-electron chi connectivity index (χ1n) is 9.52. The predicted octanol–water partition coefficient (Wildman–Crippen LogP) is 2.04. The van der Waals surface area contributed by atoms with Gasteiger partial charge >= 0.3 is 0 Å². The van der Waals surface area contributed by atoms with E-state index in [0.717, 1.165) is 0 Å². The fourth-order valence-electron chi connectivity index (χ4n) is 3.94. The van der Waals surface area contributed by atoms with Gasteiger partial charge in [-0.1, -0.05) is 0 Å². The zero-order valence-corrected chi connectivity index (χ0v) is 17.4. The zero-order valence-electron chi connectivity index (χ0n) is 17.4. The lowest BCUT2D eigenvalue weighted by atomic mass is 9.98. The number of nitrogens with one attached hydrogen (secondary N) is 1. The minimum Gasteiger partial charge on any atom is -0.497 e. The van der Waals surface area contributed by atoms with E-state index in [1.165, 1.54) is 7.11 Å². The highest BCUT2D eigenvalue weighted by Gasteiger charge is 2.62. The first-order chi connectivity index (χ1) is 13.6. The lowest BCUT2D eigenvalue weighted by molar-refractivity contribution is -0.229. The zero-order chi connectivity index (χ0) is 21.0. The number of ether oxygens (including phenoxy) is 7. The Morgan fingerprint density at radius 3 is 2.28 bits per heavy atom. The third kappa shape index (κ3) is 3.80. The van der Waals surface area contributed by atoms with Gasteiger partial charge in [-0.3, -0.25) is 4.79 Å². The molecule has 29 heavy (non-hydrogen) atoms. The summed E-state index contributed by atoms with van der Waals surface area (Å²) in [5, 5.41) is 2.85. The summed E-state index contributed by atoms with van der Waals surface area (Å²) in [6.07, 6.45) is -3.36. The maximum absolute atomic E-state index is 13.2. The topological polar surface area (TPSA) is 93.7 Å². The molecule has 1 aromatic rings.